The van der Waals surface area contributed by atoms with E-state index in [2.05, 4.69) is 9.72 Å². The Labute approximate surface area is 137 Å². The van der Waals surface area contributed by atoms with Gasteiger partial charge < -0.3 is 9.64 Å². The average molecular weight is 334 g/mol. The number of ether oxygens (including phenoxy) is 1. The molecule has 24 heavy (non-hydrogen) atoms. The molecule has 0 aliphatic rings. The van der Waals surface area contributed by atoms with Gasteiger partial charge in [-0.15, -0.1) is 0 Å². The third kappa shape index (κ3) is 3.56. The Hall–Kier alpha value is -2.83. The first kappa shape index (κ1) is 17.5. The number of aromatic nitrogens is 1. The number of esters is 1. The van der Waals surface area contributed by atoms with E-state index in [1.165, 1.54) is 43.5 Å². The van der Waals surface area contributed by atoms with Crippen molar-refractivity contribution in [1.82, 2.24) is 9.88 Å². The number of pyridine rings is 1. The van der Waals surface area contributed by atoms with E-state index in [-0.39, 0.29) is 11.3 Å². The number of carbonyl (C=O) groups excluding carboxylic acids is 2. The Bertz CT molecular complexity index is 763. The fraction of sp³-hybridized carbons (Fsp3) is 0.235. The van der Waals surface area contributed by atoms with Crippen LogP contribution in [0.4, 0.5) is 8.78 Å². The predicted molar refractivity (Wildman–Crippen MR) is 82.4 cm³/mol. The quantitative estimate of drug-likeness (QED) is 0.807. The van der Waals surface area contributed by atoms with Crippen molar-refractivity contribution < 1.29 is 23.1 Å². The van der Waals surface area contributed by atoms with Crippen molar-refractivity contribution in [3.05, 3.63) is 65.0 Å². The molecule has 0 aliphatic heterocycles. The summed E-state index contributed by atoms with van der Waals surface area (Å²) >= 11 is 0. The summed E-state index contributed by atoms with van der Waals surface area (Å²) in [6.45, 7) is 1.69. The molecule has 2 rings (SSSR count). The Morgan fingerprint density at radius 1 is 1.17 bits per heavy atom. The molecule has 126 valence electrons. The fourth-order valence-corrected chi connectivity index (χ4v) is 2.11. The number of benzene rings is 1. The molecule has 0 saturated carbocycles. The van der Waals surface area contributed by atoms with Crippen molar-refractivity contribution >= 4 is 11.9 Å². The number of hydrogen-bond donors (Lipinski definition) is 0. The van der Waals surface area contributed by atoms with Gasteiger partial charge in [0.1, 0.15) is 5.69 Å². The Morgan fingerprint density at radius 2 is 1.88 bits per heavy atom. The summed E-state index contributed by atoms with van der Waals surface area (Å²) in [5, 5.41) is 0. The lowest BCUT2D eigenvalue weighted by Crippen LogP contribution is -2.30. The molecule has 0 radical (unpaired) electrons. The topological polar surface area (TPSA) is 59.5 Å². The molecule has 1 atom stereocenters. The van der Waals surface area contributed by atoms with Crippen LogP contribution in [0.5, 0.6) is 0 Å². The predicted octanol–water partition coefficient (Wildman–Crippen LogP) is 2.98. The molecule has 1 aromatic carbocycles. The average Bonchev–Trinajstić information content (AvgIpc) is 2.61. The van der Waals surface area contributed by atoms with Gasteiger partial charge in [-0.3, -0.25) is 9.78 Å². The summed E-state index contributed by atoms with van der Waals surface area (Å²) in [4.78, 5) is 29.1. The van der Waals surface area contributed by atoms with Crippen LogP contribution in [0.1, 0.15) is 39.4 Å². The summed E-state index contributed by atoms with van der Waals surface area (Å²) in [6, 6.07) is 5.83. The Morgan fingerprint density at radius 3 is 2.42 bits per heavy atom. The van der Waals surface area contributed by atoms with Gasteiger partial charge in [-0.1, -0.05) is 6.07 Å². The molecule has 1 unspecified atom stereocenters. The lowest BCUT2D eigenvalue weighted by molar-refractivity contribution is 0.0598. The third-order valence-electron chi connectivity index (χ3n) is 3.73. The van der Waals surface area contributed by atoms with Crippen LogP contribution in [0.2, 0.25) is 0 Å². The van der Waals surface area contributed by atoms with Crippen LogP contribution < -0.4 is 0 Å². The fourth-order valence-electron chi connectivity index (χ4n) is 2.11. The number of halogens is 2. The molecule has 5 nitrogen and oxygen atoms in total. The zero-order valence-electron chi connectivity index (χ0n) is 13.4. The second-order valence-electron chi connectivity index (χ2n) is 5.19. The second kappa shape index (κ2) is 7.16. The lowest BCUT2D eigenvalue weighted by Gasteiger charge is -2.25. The summed E-state index contributed by atoms with van der Waals surface area (Å²) in [7, 11) is 2.78. The summed E-state index contributed by atoms with van der Waals surface area (Å²) in [6.07, 6.45) is 1.25. The standard InChI is InChI=1S/C17H16F2N2O3/c1-10(11-4-6-13(18)14(19)8-11)21(2)16(22)15-7-5-12(9-20-15)17(23)24-3/h4-10H,1-3H3. The van der Waals surface area contributed by atoms with E-state index in [0.29, 0.717) is 5.56 Å². The number of hydrogen-bond acceptors (Lipinski definition) is 4. The van der Waals surface area contributed by atoms with Gasteiger partial charge in [-0.05, 0) is 36.8 Å². The largest absolute Gasteiger partial charge is 0.465 e. The van der Waals surface area contributed by atoms with E-state index >= 15 is 0 Å². The zero-order chi connectivity index (χ0) is 17.9. The Kier molecular flexibility index (Phi) is 5.23. The van der Waals surface area contributed by atoms with Crippen LogP contribution >= 0.6 is 0 Å². The molecule has 0 saturated heterocycles. The minimum absolute atomic E-state index is 0.125. The van der Waals surface area contributed by atoms with Gasteiger partial charge >= 0.3 is 5.97 Å². The normalized spacial score (nSPS) is 11.7. The number of nitrogens with zero attached hydrogens (tertiary/aromatic N) is 2. The molecular weight excluding hydrogens is 318 g/mol. The van der Waals surface area contributed by atoms with E-state index in [9.17, 15) is 18.4 Å². The van der Waals surface area contributed by atoms with E-state index in [1.54, 1.807) is 6.92 Å². The molecule has 2 aromatic rings. The van der Waals surface area contributed by atoms with Gasteiger partial charge in [0.25, 0.3) is 5.91 Å². The zero-order valence-corrected chi connectivity index (χ0v) is 13.4. The van der Waals surface area contributed by atoms with Crippen LogP contribution in [0.3, 0.4) is 0 Å². The monoisotopic (exact) mass is 334 g/mol. The molecule has 1 aromatic heterocycles. The molecule has 7 heteroatoms. The van der Waals surface area contributed by atoms with Crippen molar-refractivity contribution in [3.8, 4) is 0 Å². The van der Waals surface area contributed by atoms with Gasteiger partial charge in [0.2, 0.25) is 0 Å². The maximum Gasteiger partial charge on any atom is 0.339 e. The van der Waals surface area contributed by atoms with Crippen molar-refractivity contribution in [1.29, 1.82) is 0 Å². The van der Waals surface area contributed by atoms with E-state index in [4.69, 9.17) is 0 Å². The SMILES string of the molecule is COC(=O)c1ccc(C(=O)N(C)C(C)c2ccc(F)c(F)c2)nc1. The van der Waals surface area contributed by atoms with Crippen LogP contribution in [0, 0.1) is 11.6 Å². The van der Waals surface area contributed by atoms with Crippen LogP contribution in [0.15, 0.2) is 36.5 Å². The van der Waals surface area contributed by atoms with Crippen LogP contribution in [-0.2, 0) is 4.74 Å². The second-order valence-corrected chi connectivity index (χ2v) is 5.19. The highest BCUT2D eigenvalue weighted by atomic mass is 19.2. The third-order valence-corrected chi connectivity index (χ3v) is 3.73. The minimum Gasteiger partial charge on any atom is -0.465 e. The first-order valence-electron chi connectivity index (χ1n) is 7.11. The molecule has 0 fully saturated rings. The molecule has 0 bridgehead atoms. The maximum atomic E-state index is 13.3. The number of carbonyl (C=O) groups is 2. The maximum absolute atomic E-state index is 13.3. The summed E-state index contributed by atoms with van der Waals surface area (Å²) < 4.78 is 30.9. The summed E-state index contributed by atoms with van der Waals surface area (Å²) in [5.41, 5.74) is 0.806. The molecule has 0 N–H and O–H groups in total. The highest BCUT2D eigenvalue weighted by Crippen LogP contribution is 2.22. The van der Waals surface area contributed by atoms with E-state index < -0.39 is 29.6 Å². The van der Waals surface area contributed by atoms with Crippen molar-refractivity contribution in [2.24, 2.45) is 0 Å². The minimum atomic E-state index is -0.972. The van der Waals surface area contributed by atoms with E-state index in [1.807, 2.05) is 0 Å². The van der Waals surface area contributed by atoms with Crippen molar-refractivity contribution in [2.75, 3.05) is 14.2 Å². The molecule has 0 spiro atoms. The molecule has 1 amide bonds. The van der Waals surface area contributed by atoms with Crippen molar-refractivity contribution in [3.63, 3.8) is 0 Å². The number of amides is 1. The number of rotatable bonds is 4. The van der Waals surface area contributed by atoms with E-state index in [0.717, 1.165) is 12.1 Å². The van der Waals surface area contributed by atoms with Crippen molar-refractivity contribution in [2.45, 2.75) is 13.0 Å². The van der Waals surface area contributed by atoms with Gasteiger partial charge in [-0.2, -0.15) is 0 Å². The van der Waals surface area contributed by atoms with Crippen LogP contribution in [0.25, 0.3) is 0 Å². The van der Waals surface area contributed by atoms with Gasteiger partial charge in [0.05, 0.1) is 18.7 Å². The summed E-state index contributed by atoms with van der Waals surface area (Å²) in [5.74, 6) is -2.88. The highest BCUT2D eigenvalue weighted by Gasteiger charge is 2.21. The molecule has 0 aliphatic carbocycles. The first-order chi connectivity index (χ1) is 11.3. The number of methoxy groups -OCH3 is 1. The lowest BCUT2D eigenvalue weighted by atomic mass is 10.1. The Balaban J connectivity index is 2.18. The highest BCUT2D eigenvalue weighted by molar-refractivity contribution is 5.94. The van der Waals surface area contributed by atoms with Gasteiger partial charge in [0.15, 0.2) is 11.6 Å². The van der Waals surface area contributed by atoms with Gasteiger partial charge in [0, 0.05) is 13.2 Å². The first-order valence-corrected chi connectivity index (χ1v) is 7.11. The smallest absolute Gasteiger partial charge is 0.339 e. The van der Waals surface area contributed by atoms with Gasteiger partial charge in [-0.25, -0.2) is 13.6 Å². The molecular formula is C17H16F2N2O3. The molecule has 1 heterocycles. The van der Waals surface area contributed by atoms with Crippen LogP contribution in [-0.4, -0.2) is 35.9 Å².